The molecule has 0 fully saturated rings. The Labute approximate surface area is 141 Å². The molecule has 2 aromatic rings. The maximum atomic E-state index is 12.3. The molecular weight excluding hydrogens is 306 g/mol. The van der Waals surface area contributed by atoms with Gasteiger partial charge in [0.2, 0.25) is 0 Å². The summed E-state index contributed by atoms with van der Waals surface area (Å²) in [5, 5.41) is 7.09. The highest BCUT2D eigenvalue weighted by molar-refractivity contribution is 5.93. The van der Waals surface area contributed by atoms with Crippen LogP contribution in [0.1, 0.15) is 40.7 Å². The lowest BCUT2D eigenvalue weighted by molar-refractivity contribution is -0.124. The molecule has 128 valence electrons. The number of hydrogen-bond donors (Lipinski definition) is 1. The number of ether oxygens (including phenoxy) is 1. The minimum Gasteiger partial charge on any atom is -0.452 e. The minimum atomic E-state index is -0.518. The number of nitrogens with one attached hydrogen (secondary N) is 1. The third kappa shape index (κ3) is 4.44. The first-order valence-electron chi connectivity index (χ1n) is 8.04. The zero-order valence-electron chi connectivity index (χ0n) is 14.3. The van der Waals surface area contributed by atoms with Gasteiger partial charge < -0.3 is 10.1 Å². The third-order valence-corrected chi connectivity index (χ3v) is 3.67. The SMILES string of the molecule is CCCNC(=O)COC(=O)c1c(C)nn(Cc2ccccc2)c1C. The molecule has 1 aromatic carbocycles. The lowest BCUT2D eigenvalue weighted by Gasteiger charge is -2.07. The fourth-order valence-corrected chi connectivity index (χ4v) is 2.42. The van der Waals surface area contributed by atoms with Gasteiger partial charge in [0.25, 0.3) is 5.91 Å². The second-order valence-electron chi connectivity index (χ2n) is 5.62. The molecule has 6 heteroatoms. The summed E-state index contributed by atoms with van der Waals surface area (Å²) in [6, 6.07) is 9.90. The summed E-state index contributed by atoms with van der Waals surface area (Å²) >= 11 is 0. The van der Waals surface area contributed by atoms with Crippen LogP contribution in [0.25, 0.3) is 0 Å². The van der Waals surface area contributed by atoms with E-state index in [0.717, 1.165) is 17.7 Å². The molecule has 1 heterocycles. The average Bonchev–Trinajstić information content (AvgIpc) is 2.85. The van der Waals surface area contributed by atoms with E-state index in [2.05, 4.69) is 10.4 Å². The Morgan fingerprint density at radius 3 is 2.58 bits per heavy atom. The first-order chi connectivity index (χ1) is 11.5. The standard InChI is InChI=1S/C18H23N3O3/c1-4-10-19-16(22)12-24-18(23)17-13(2)20-21(14(17)3)11-15-8-6-5-7-9-15/h5-9H,4,10-12H2,1-3H3,(H,19,22). The van der Waals surface area contributed by atoms with Crippen LogP contribution in [-0.2, 0) is 16.1 Å². The van der Waals surface area contributed by atoms with Gasteiger partial charge in [0, 0.05) is 6.54 Å². The van der Waals surface area contributed by atoms with Crippen molar-refractivity contribution >= 4 is 11.9 Å². The molecule has 0 saturated heterocycles. The Kier molecular flexibility index (Phi) is 6.12. The number of carbonyl (C=O) groups is 2. The number of aryl methyl sites for hydroxylation is 1. The van der Waals surface area contributed by atoms with E-state index in [1.807, 2.05) is 44.2 Å². The Balaban J connectivity index is 2.05. The van der Waals surface area contributed by atoms with E-state index >= 15 is 0 Å². The molecule has 2 rings (SSSR count). The summed E-state index contributed by atoms with van der Waals surface area (Å²) < 4.78 is 6.88. The maximum absolute atomic E-state index is 12.3. The van der Waals surface area contributed by atoms with Crippen LogP contribution in [0.5, 0.6) is 0 Å². The third-order valence-electron chi connectivity index (χ3n) is 3.67. The van der Waals surface area contributed by atoms with E-state index < -0.39 is 5.97 Å². The monoisotopic (exact) mass is 329 g/mol. The van der Waals surface area contributed by atoms with E-state index in [0.29, 0.717) is 24.3 Å². The van der Waals surface area contributed by atoms with Gasteiger partial charge in [-0.3, -0.25) is 9.48 Å². The van der Waals surface area contributed by atoms with Crippen LogP contribution >= 0.6 is 0 Å². The van der Waals surface area contributed by atoms with Crippen LogP contribution < -0.4 is 5.32 Å². The first kappa shape index (κ1) is 17.7. The van der Waals surface area contributed by atoms with Gasteiger partial charge >= 0.3 is 5.97 Å². The zero-order valence-corrected chi connectivity index (χ0v) is 14.3. The molecule has 0 spiro atoms. The summed E-state index contributed by atoms with van der Waals surface area (Å²) in [7, 11) is 0. The summed E-state index contributed by atoms with van der Waals surface area (Å²) in [4.78, 5) is 23.8. The topological polar surface area (TPSA) is 73.2 Å². The Hall–Kier alpha value is -2.63. The van der Waals surface area contributed by atoms with Crippen molar-refractivity contribution < 1.29 is 14.3 Å². The lowest BCUT2D eigenvalue weighted by Crippen LogP contribution is -2.29. The van der Waals surface area contributed by atoms with Gasteiger partial charge in [-0.25, -0.2) is 4.79 Å². The van der Waals surface area contributed by atoms with E-state index in [4.69, 9.17) is 4.74 Å². The van der Waals surface area contributed by atoms with Crippen LogP contribution in [0.15, 0.2) is 30.3 Å². The second kappa shape index (κ2) is 8.29. The molecule has 0 aliphatic heterocycles. The quantitative estimate of drug-likeness (QED) is 0.791. The number of rotatable bonds is 7. The number of carbonyl (C=O) groups excluding carboxylic acids is 2. The maximum Gasteiger partial charge on any atom is 0.342 e. The first-order valence-corrected chi connectivity index (χ1v) is 8.04. The molecule has 0 saturated carbocycles. The predicted molar refractivity (Wildman–Crippen MR) is 90.8 cm³/mol. The van der Waals surface area contributed by atoms with Crippen molar-refractivity contribution in [3.63, 3.8) is 0 Å². The number of aromatic nitrogens is 2. The van der Waals surface area contributed by atoms with E-state index in [-0.39, 0.29) is 12.5 Å². The summed E-state index contributed by atoms with van der Waals surface area (Å²) in [5.41, 5.74) is 2.86. The molecule has 0 atom stereocenters. The molecule has 1 aromatic heterocycles. The molecule has 6 nitrogen and oxygen atoms in total. The number of nitrogens with zero attached hydrogens (tertiary/aromatic N) is 2. The fraction of sp³-hybridized carbons (Fsp3) is 0.389. The predicted octanol–water partition coefficient (Wildman–Crippen LogP) is 2.23. The highest BCUT2D eigenvalue weighted by Crippen LogP contribution is 2.16. The molecule has 1 N–H and O–H groups in total. The van der Waals surface area contributed by atoms with E-state index in [1.54, 1.807) is 11.6 Å². The number of hydrogen-bond acceptors (Lipinski definition) is 4. The molecule has 0 radical (unpaired) electrons. The fourth-order valence-electron chi connectivity index (χ4n) is 2.42. The molecule has 0 unspecified atom stereocenters. The zero-order chi connectivity index (χ0) is 17.5. The molecule has 0 aliphatic carbocycles. The number of benzene rings is 1. The van der Waals surface area contributed by atoms with Crippen LogP contribution in [0, 0.1) is 13.8 Å². The number of amides is 1. The lowest BCUT2D eigenvalue weighted by atomic mass is 10.2. The Morgan fingerprint density at radius 2 is 1.92 bits per heavy atom. The second-order valence-corrected chi connectivity index (χ2v) is 5.62. The van der Waals surface area contributed by atoms with Crippen molar-refractivity contribution in [2.24, 2.45) is 0 Å². The van der Waals surface area contributed by atoms with Gasteiger partial charge in [-0.2, -0.15) is 5.10 Å². The van der Waals surface area contributed by atoms with Crippen molar-refractivity contribution in [1.82, 2.24) is 15.1 Å². The van der Waals surface area contributed by atoms with Gasteiger partial charge in [-0.05, 0) is 25.8 Å². The van der Waals surface area contributed by atoms with Crippen LogP contribution in [0.3, 0.4) is 0 Å². The van der Waals surface area contributed by atoms with Crippen molar-refractivity contribution in [3.8, 4) is 0 Å². The van der Waals surface area contributed by atoms with Crippen molar-refractivity contribution in [2.75, 3.05) is 13.2 Å². The van der Waals surface area contributed by atoms with E-state index in [1.165, 1.54) is 0 Å². The van der Waals surface area contributed by atoms with Crippen LogP contribution in [-0.4, -0.2) is 34.8 Å². The van der Waals surface area contributed by atoms with Gasteiger partial charge in [-0.15, -0.1) is 0 Å². The van der Waals surface area contributed by atoms with Crippen LogP contribution in [0.2, 0.25) is 0 Å². The minimum absolute atomic E-state index is 0.276. The van der Waals surface area contributed by atoms with Gasteiger partial charge in [0.05, 0.1) is 17.9 Å². The summed E-state index contributed by atoms with van der Waals surface area (Å²) in [6.45, 7) is 6.43. The molecular formula is C18H23N3O3. The van der Waals surface area contributed by atoms with E-state index in [9.17, 15) is 9.59 Å². The van der Waals surface area contributed by atoms with Gasteiger partial charge in [-0.1, -0.05) is 37.3 Å². The normalized spacial score (nSPS) is 10.5. The van der Waals surface area contributed by atoms with Gasteiger partial charge in [0.15, 0.2) is 6.61 Å². The Morgan fingerprint density at radius 1 is 1.21 bits per heavy atom. The highest BCUT2D eigenvalue weighted by atomic mass is 16.5. The van der Waals surface area contributed by atoms with Crippen molar-refractivity contribution in [3.05, 3.63) is 52.8 Å². The molecule has 0 bridgehead atoms. The summed E-state index contributed by atoms with van der Waals surface area (Å²) in [5.74, 6) is -0.812. The van der Waals surface area contributed by atoms with Crippen molar-refractivity contribution in [2.45, 2.75) is 33.7 Å². The molecule has 24 heavy (non-hydrogen) atoms. The smallest absolute Gasteiger partial charge is 0.342 e. The van der Waals surface area contributed by atoms with Crippen LogP contribution in [0.4, 0.5) is 0 Å². The summed E-state index contributed by atoms with van der Waals surface area (Å²) in [6.07, 6.45) is 0.837. The number of esters is 1. The van der Waals surface area contributed by atoms with Crippen molar-refractivity contribution in [1.29, 1.82) is 0 Å². The molecule has 1 amide bonds. The highest BCUT2D eigenvalue weighted by Gasteiger charge is 2.20. The molecule has 0 aliphatic rings. The average molecular weight is 329 g/mol. The van der Waals surface area contributed by atoms with Gasteiger partial charge in [0.1, 0.15) is 5.56 Å². The largest absolute Gasteiger partial charge is 0.452 e. The Bertz CT molecular complexity index is 708.